The first kappa shape index (κ1) is 12.9. The Morgan fingerprint density at radius 2 is 1.95 bits per heavy atom. The van der Waals surface area contributed by atoms with Crippen molar-refractivity contribution in [1.82, 2.24) is 4.98 Å². The molecule has 0 aliphatic heterocycles. The van der Waals surface area contributed by atoms with Gasteiger partial charge in [-0.25, -0.2) is 4.39 Å². The van der Waals surface area contributed by atoms with Crippen molar-refractivity contribution in [2.45, 2.75) is 26.2 Å². The van der Waals surface area contributed by atoms with Crippen LogP contribution in [0.15, 0.2) is 48.7 Å². The summed E-state index contributed by atoms with van der Waals surface area (Å²) in [5.41, 5.74) is 4.45. The molecule has 3 aromatic rings. The van der Waals surface area contributed by atoms with Gasteiger partial charge in [-0.2, -0.15) is 0 Å². The van der Waals surface area contributed by atoms with Crippen LogP contribution in [0, 0.1) is 5.82 Å². The molecule has 1 unspecified atom stereocenters. The van der Waals surface area contributed by atoms with E-state index >= 15 is 0 Å². The lowest BCUT2D eigenvalue weighted by atomic mass is 9.93. The molecule has 20 heavy (non-hydrogen) atoms. The van der Waals surface area contributed by atoms with Gasteiger partial charge in [-0.05, 0) is 47.2 Å². The molecule has 2 heteroatoms. The summed E-state index contributed by atoms with van der Waals surface area (Å²) in [6.45, 7) is 4.42. The number of aromatic nitrogens is 1. The van der Waals surface area contributed by atoms with Crippen LogP contribution in [0.2, 0.25) is 0 Å². The second-order valence-corrected chi connectivity index (χ2v) is 5.29. The highest BCUT2D eigenvalue weighted by Gasteiger charge is 2.14. The number of hydrogen-bond acceptors (Lipinski definition) is 0. The predicted molar refractivity (Wildman–Crippen MR) is 82.4 cm³/mol. The molecule has 1 heterocycles. The highest BCUT2D eigenvalue weighted by Crippen LogP contribution is 2.35. The van der Waals surface area contributed by atoms with Crippen molar-refractivity contribution >= 4 is 10.9 Å². The fraction of sp³-hybridized carbons (Fsp3) is 0.222. The van der Waals surface area contributed by atoms with Gasteiger partial charge in [0.1, 0.15) is 5.82 Å². The van der Waals surface area contributed by atoms with Crippen LogP contribution in [-0.2, 0) is 0 Å². The van der Waals surface area contributed by atoms with E-state index in [4.69, 9.17) is 0 Å². The second kappa shape index (κ2) is 5.12. The summed E-state index contributed by atoms with van der Waals surface area (Å²) < 4.78 is 13.5. The SMILES string of the molecule is CCC(C)c1c[nH]c2cccc(-c3cccc(F)c3)c12. The van der Waals surface area contributed by atoms with Gasteiger partial charge in [-0.1, -0.05) is 38.1 Å². The Hall–Kier alpha value is -2.09. The Morgan fingerprint density at radius 3 is 2.70 bits per heavy atom. The maximum absolute atomic E-state index is 13.5. The summed E-state index contributed by atoms with van der Waals surface area (Å²) in [5.74, 6) is 0.290. The molecule has 0 aliphatic rings. The number of nitrogens with one attached hydrogen (secondary N) is 1. The molecule has 1 N–H and O–H groups in total. The average molecular weight is 267 g/mol. The number of benzene rings is 2. The molecule has 1 atom stereocenters. The van der Waals surface area contributed by atoms with E-state index in [2.05, 4.69) is 37.2 Å². The Bertz CT molecular complexity index is 742. The molecule has 0 aliphatic carbocycles. The van der Waals surface area contributed by atoms with Crippen molar-refractivity contribution in [3.8, 4) is 11.1 Å². The Balaban J connectivity index is 2.27. The fourth-order valence-corrected chi connectivity index (χ4v) is 2.72. The summed E-state index contributed by atoms with van der Waals surface area (Å²) >= 11 is 0. The van der Waals surface area contributed by atoms with Crippen LogP contribution >= 0.6 is 0 Å². The van der Waals surface area contributed by atoms with Crippen molar-refractivity contribution in [3.05, 3.63) is 60.0 Å². The normalized spacial score (nSPS) is 12.8. The number of rotatable bonds is 3. The Labute approximate surface area is 118 Å². The molecule has 102 valence electrons. The van der Waals surface area contributed by atoms with Crippen molar-refractivity contribution in [2.24, 2.45) is 0 Å². The molecule has 1 aromatic heterocycles. The zero-order valence-corrected chi connectivity index (χ0v) is 11.8. The molecular weight excluding hydrogens is 249 g/mol. The van der Waals surface area contributed by atoms with E-state index < -0.39 is 0 Å². The van der Waals surface area contributed by atoms with Gasteiger partial charge in [0, 0.05) is 17.1 Å². The molecule has 0 bridgehead atoms. The van der Waals surface area contributed by atoms with E-state index in [1.165, 1.54) is 17.0 Å². The van der Waals surface area contributed by atoms with Crippen LogP contribution in [0.25, 0.3) is 22.0 Å². The van der Waals surface area contributed by atoms with Gasteiger partial charge in [-0.15, -0.1) is 0 Å². The summed E-state index contributed by atoms with van der Waals surface area (Å²) in [6, 6.07) is 13.0. The third-order valence-corrected chi connectivity index (χ3v) is 4.02. The first-order valence-corrected chi connectivity index (χ1v) is 7.06. The molecule has 1 nitrogen and oxygen atoms in total. The third-order valence-electron chi connectivity index (χ3n) is 4.02. The maximum atomic E-state index is 13.5. The number of aromatic amines is 1. The Morgan fingerprint density at radius 1 is 1.15 bits per heavy atom. The largest absolute Gasteiger partial charge is 0.361 e. The molecule has 0 amide bonds. The van der Waals surface area contributed by atoms with Gasteiger partial charge in [0.2, 0.25) is 0 Å². The van der Waals surface area contributed by atoms with Gasteiger partial charge >= 0.3 is 0 Å². The fourth-order valence-electron chi connectivity index (χ4n) is 2.72. The van der Waals surface area contributed by atoms with Gasteiger partial charge in [0.15, 0.2) is 0 Å². The molecule has 0 spiro atoms. The van der Waals surface area contributed by atoms with Crippen molar-refractivity contribution < 1.29 is 4.39 Å². The molecular formula is C18H18FN. The van der Waals surface area contributed by atoms with E-state index in [9.17, 15) is 4.39 Å². The maximum Gasteiger partial charge on any atom is 0.123 e. The number of fused-ring (bicyclic) bond motifs is 1. The molecule has 0 saturated carbocycles. The second-order valence-electron chi connectivity index (χ2n) is 5.29. The van der Waals surface area contributed by atoms with Crippen molar-refractivity contribution in [3.63, 3.8) is 0 Å². The zero-order chi connectivity index (χ0) is 14.1. The van der Waals surface area contributed by atoms with Crippen LogP contribution in [-0.4, -0.2) is 4.98 Å². The minimum atomic E-state index is -0.194. The smallest absolute Gasteiger partial charge is 0.123 e. The van der Waals surface area contributed by atoms with Gasteiger partial charge in [0.05, 0.1) is 0 Å². The standard InChI is InChI=1S/C18H18FN/c1-3-12(2)16-11-20-17-9-5-8-15(18(16)17)13-6-4-7-14(19)10-13/h4-12,20H,3H2,1-2H3. The first-order valence-electron chi connectivity index (χ1n) is 7.06. The van der Waals surface area contributed by atoms with E-state index in [-0.39, 0.29) is 5.82 Å². The number of H-pyrrole nitrogens is 1. The monoisotopic (exact) mass is 267 g/mol. The lowest BCUT2D eigenvalue weighted by Gasteiger charge is -2.11. The van der Waals surface area contributed by atoms with Crippen LogP contribution in [0.4, 0.5) is 4.39 Å². The predicted octanol–water partition coefficient (Wildman–Crippen LogP) is 5.49. The summed E-state index contributed by atoms with van der Waals surface area (Å²) in [5, 5.41) is 1.22. The van der Waals surface area contributed by atoms with E-state index in [0.717, 1.165) is 23.1 Å². The van der Waals surface area contributed by atoms with E-state index in [1.54, 1.807) is 12.1 Å². The number of hydrogen-bond donors (Lipinski definition) is 1. The molecule has 0 saturated heterocycles. The van der Waals surface area contributed by atoms with Crippen LogP contribution in [0.5, 0.6) is 0 Å². The van der Waals surface area contributed by atoms with Gasteiger partial charge in [0.25, 0.3) is 0 Å². The van der Waals surface area contributed by atoms with Crippen molar-refractivity contribution in [2.75, 3.05) is 0 Å². The minimum Gasteiger partial charge on any atom is -0.361 e. The van der Waals surface area contributed by atoms with Crippen LogP contribution in [0.1, 0.15) is 31.7 Å². The molecule has 2 aromatic carbocycles. The molecule has 0 fully saturated rings. The average Bonchev–Trinajstić information content (AvgIpc) is 2.90. The third kappa shape index (κ3) is 2.11. The van der Waals surface area contributed by atoms with Crippen LogP contribution in [0.3, 0.4) is 0 Å². The first-order chi connectivity index (χ1) is 9.70. The summed E-state index contributed by atoms with van der Waals surface area (Å²) in [6.07, 6.45) is 3.17. The van der Waals surface area contributed by atoms with Gasteiger partial charge in [-0.3, -0.25) is 0 Å². The topological polar surface area (TPSA) is 15.8 Å². The van der Waals surface area contributed by atoms with Gasteiger partial charge < -0.3 is 4.98 Å². The quantitative estimate of drug-likeness (QED) is 0.646. The highest BCUT2D eigenvalue weighted by molar-refractivity contribution is 5.98. The summed E-state index contributed by atoms with van der Waals surface area (Å²) in [4.78, 5) is 3.33. The number of halogens is 1. The lowest BCUT2D eigenvalue weighted by molar-refractivity contribution is 0.628. The highest BCUT2D eigenvalue weighted by atomic mass is 19.1. The lowest BCUT2D eigenvalue weighted by Crippen LogP contribution is -1.91. The van der Waals surface area contributed by atoms with Crippen LogP contribution < -0.4 is 0 Å². The van der Waals surface area contributed by atoms with E-state index in [1.807, 2.05) is 12.1 Å². The minimum absolute atomic E-state index is 0.194. The van der Waals surface area contributed by atoms with Crippen molar-refractivity contribution in [1.29, 1.82) is 0 Å². The Kier molecular flexibility index (Phi) is 3.31. The molecule has 0 radical (unpaired) electrons. The zero-order valence-electron chi connectivity index (χ0n) is 11.8. The van der Waals surface area contributed by atoms with E-state index in [0.29, 0.717) is 5.92 Å². The molecule has 3 rings (SSSR count). The summed E-state index contributed by atoms with van der Waals surface area (Å²) in [7, 11) is 0.